The van der Waals surface area contributed by atoms with Gasteiger partial charge < -0.3 is 0 Å². The molecule has 1 saturated heterocycles. The molecule has 0 saturated carbocycles. The average Bonchev–Trinajstić information content (AvgIpc) is 2.99. The molecule has 1 amide bonds. The third-order valence-electron chi connectivity index (χ3n) is 4.12. The highest BCUT2D eigenvalue weighted by Gasteiger charge is 2.37. The van der Waals surface area contributed by atoms with Crippen molar-refractivity contribution in [1.82, 2.24) is 4.90 Å². The number of hydrogen-bond acceptors (Lipinski definition) is 6. The Bertz CT molecular complexity index is 974. The fraction of sp³-hybridized carbons (Fsp3) is 0.150. The molecule has 0 bridgehead atoms. The number of carbonyl (C=O) groups excluding carboxylic acids is 1. The molecule has 0 N–H and O–H groups in total. The lowest BCUT2D eigenvalue weighted by Crippen LogP contribution is -2.32. The summed E-state index contributed by atoms with van der Waals surface area (Å²) < 4.78 is 13.1. The summed E-state index contributed by atoms with van der Waals surface area (Å²) in [5, 5.41) is 18.9. The van der Waals surface area contributed by atoms with E-state index in [-0.39, 0.29) is 22.7 Å². The smallest absolute Gasteiger partial charge is 0.269 e. The molecule has 0 spiro atoms. The molecule has 1 unspecified atom stereocenters. The summed E-state index contributed by atoms with van der Waals surface area (Å²) in [6.45, 7) is 3.97. The first-order valence-electron chi connectivity index (χ1n) is 8.67. The standard InChI is InChI=1S/C20H17FN4O3S/c1-2-11-24-19(26)18(12-14-3-7-16(21)8-4-14)29-20(24)23-22-13-15-5-9-17(10-6-15)25(27)28/h2-10,13,18H,1,11-12H2. The maximum atomic E-state index is 13.1. The molecule has 29 heavy (non-hydrogen) atoms. The van der Waals surface area contributed by atoms with Gasteiger partial charge in [-0.15, -0.1) is 11.7 Å². The average molecular weight is 412 g/mol. The topological polar surface area (TPSA) is 88.2 Å². The number of nitro benzene ring substituents is 1. The lowest BCUT2D eigenvalue weighted by atomic mass is 10.1. The first-order valence-corrected chi connectivity index (χ1v) is 9.54. The van der Waals surface area contributed by atoms with Gasteiger partial charge in [0.1, 0.15) is 5.82 Å². The summed E-state index contributed by atoms with van der Waals surface area (Å²) in [7, 11) is 0. The number of carbonyl (C=O) groups is 1. The molecule has 1 atom stereocenters. The van der Waals surface area contributed by atoms with Crippen LogP contribution in [-0.4, -0.2) is 38.9 Å². The third kappa shape index (κ3) is 5.14. The van der Waals surface area contributed by atoms with Crippen LogP contribution in [0.2, 0.25) is 0 Å². The minimum atomic E-state index is -0.476. The van der Waals surface area contributed by atoms with E-state index in [1.165, 1.54) is 47.1 Å². The van der Waals surface area contributed by atoms with Crippen LogP contribution >= 0.6 is 11.8 Å². The molecule has 2 aromatic carbocycles. The van der Waals surface area contributed by atoms with Crippen LogP contribution in [-0.2, 0) is 11.2 Å². The minimum absolute atomic E-state index is 0.00815. The summed E-state index contributed by atoms with van der Waals surface area (Å²) in [4.78, 5) is 24.4. The fourth-order valence-corrected chi connectivity index (χ4v) is 3.82. The highest BCUT2D eigenvalue weighted by atomic mass is 32.2. The number of rotatable bonds is 7. The first-order chi connectivity index (χ1) is 14.0. The Morgan fingerprint density at radius 3 is 2.52 bits per heavy atom. The normalized spacial score (nSPS) is 18.0. The Labute approximate surface area is 170 Å². The maximum absolute atomic E-state index is 13.1. The predicted octanol–water partition coefficient (Wildman–Crippen LogP) is 3.80. The van der Waals surface area contributed by atoms with E-state index in [0.717, 1.165) is 5.56 Å². The quantitative estimate of drug-likeness (QED) is 0.300. The predicted molar refractivity (Wildman–Crippen MR) is 112 cm³/mol. The van der Waals surface area contributed by atoms with Crippen LogP contribution in [0.4, 0.5) is 10.1 Å². The van der Waals surface area contributed by atoms with Gasteiger partial charge in [-0.3, -0.25) is 19.8 Å². The van der Waals surface area contributed by atoms with Gasteiger partial charge in [0.25, 0.3) is 5.69 Å². The van der Waals surface area contributed by atoms with Crippen LogP contribution in [0, 0.1) is 15.9 Å². The number of non-ortho nitro benzene ring substituents is 1. The van der Waals surface area contributed by atoms with Crippen LogP contribution in [0.5, 0.6) is 0 Å². The monoisotopic (exact) mass is 412 g/mol. The van der Waals surface area contributed by atoms with Gasteiger partial charge in [0.05, 0.1) is 16.4 Å². The SMILES string of the molecule is C=CCN1C(=O)C(Cc2ccc(F)cc2)SC1=NN=Cc1ccc([N+](=O)[O-])cc1. The number of thioether (sulfide) groups is 1. The Kier molecular flexibility index (Phi) is 6.50. The molecular formula is C20H17FN4O3S. The zero-order valence-corrected chi connectivity index (χ0v) is 16.1. The second-order valence-electron chi connectivity index (χ2n) is 6.15. The van der Waals surface area contributed by atoms with Crippen LogP contribution in [0.25, 0.3) is 0 Å². The van der Waals surface area contributed by atoms with Crippen molar-refractivity contribution in [2.24, 2.45) is 10.2 Å². The van der Waals surface area contributed by atoms with Crippen LogP contribution in [0.15, 0.2) is 71.4 Å². The molecule has 1 fully saturated rings. The number of nitro groups is 1. The lowest BCUT2D eigenvalue weighted by Gasteiger charge is -2.12. The Hall–Kier alpha value is -3.33. The van der Waals surface area contributed by atoms with Gasteiger partial charge in [0, 0.05) is 18.7 Å². The van der Waals surface area contributed by atoms with Crippen molar-refractivity contribution in [1.29, 1.82) is 0 Å². The molecule has 1 aliphatic rings. The summed E-state index contributed by atoms with van der Waals surface area (Å²) in [5.41, 5.74) is 1.49. The van der Waals surface area contributed by atoms with Gasteiger partial charge in [-0.1, -0.05) is 30.0 Å². The molecule has 0 aromatic heterocycles. The lowest BCUT2D eigenvalue weighted by molar-refractivity contribution is -0.384. The second kappa shape index (κ2) is 9.24. The molecular weight excluding hydrogens is 395 g/mol. The molecule has 0 aliphatic carbocycles. The third-order valence-corrected chi connectivity index (χ3v) is 5.29. The van der Waals surface area contributed by atoms with Gasteiger partial charge in [0.2, 0.25) is 5.91 Å². The first kappa shape index (κ1) is 20.4. The van der Waals surface area contributed by atoms with Gasteiger partial charge in [0.15, 0.2) is 5.17 Å². The van der Waals surface area contributed by atoms with Crippen molar-refractivity contribution in [2.75, 3.05) is 6.54 Å². The van der Waals surface area contributed by atoms with Crippen LogP contribution < -0.4 is 0 Å². The molecule has 148 valence electrons. The molecule has 7 nitrogen and oxygen atoms in total. The maximum Gasteiger partial charge on any atom is 0.269 e. The number of hydrogen-bond donors (Lipinski definition) is 0. The Morgan fingerprint density at radius 1 is 1.21 bits per heavy atom. The van der Waals surface area contributed by atoms with Gasteiger partial charge in [-0.2, -0.15) is 5.10 Å². The van der Waals surface area contributed by atoms with E-state index >= 15 is 0 Å². The molecule has 3 rings (SSSR count). The van der Waals surface area contributed by atoms with Crippen molar-refractivity contribution in [3.63, 3.8) is 0 Å². The van der Waals surface area contributed by atoms with E-state index in [1.807, 2.05) is 0 Å². The largest absolute Gasteiger partial charge is 0.285 e. The summed E-state index contributed by atoms with van der Waals surface area (Å²) in [5.74, 6) is -0.432. The van der Waals surface area contributed by atoms with Crippen LogP contribution in [0.3, 0.4) is 0 Å². The Balaban J connectivity index is 1.73. The fourth-order valence-electron chi connectivity index (χ4n) is 2.67. The van der Waals surface area contributed by atoms with Gasteiger partial charge >= 0.3 is 0 Å². The second-order valence-corrected chi connectivity index (χ2v) is 7.32. The zero-order chi connectivity index (χ0) is 20.8. The van der Waals surface area contributed by atoms with E-state index in [4.69, 9.17) is 0 Å². The highest BCUT2D eigenvalue weighted by Crippen LogP contribution is 2.30. The highest BCUT2D eigenvalue weighted by molar-refractivity contribution is 8.15. The van der Waals surface area contributed by atoms with E-state index in [9.17, 15) is 19.3 Å². The molecule has 2 aromatic rings. The molecule has 1 heterocycles. The van der Waals surface area contributed by atoms with Crippen molar-refractivity contribution < 1.29 is 14.1 Å². The number of benzene rings is 2. The van der Waals surface area contributed by atoms with Crippen molar-refractivity contribution >= 4 is 34.7 Å². The summed E-state index contributed by atoms with van der Waals surface area (Å²) in [6.07, 6.45) is 3.51. The van der Waals surface area contributed by atoms with Gasteiger partial charge in [-0.05, 0) is 41.8 Å². The zero-order valence-electron chi connectivity index (χ0n) is 15.3. The van der Waals surface area contributed by atoms with Gasteiger partial charge in [-0.25, -0.2) is 4.39 Å². The summed E-state index contributed by atoms with van der Waals surface area (Å²) in [6, 6.07) is 11.9. The van der Waals surface area contributed by atoms with Crippen molar-refractivity contribution in [2.45, 2.75) is 11.7 Å². The number of nitrogens with zero attached hydrogens (tertiary/aromatic N) is 4. The van der Waals surface area contributed by atoms with Crippen LogP contribution in [0.1, 0.15) is 11.1 Å². The molecule has 1 aliphatic heterocycles. The summed E-state index contributed by atoms with van der Waals surface area (Å²) >= 11 is 1.29. The van der Waals surface area contributed by atoms with E-state index in [2.05, 4.69) is 16.8 Å². The Morgan fingerprint density at radius 2 is 1.90 bits per heavy atom. The number of amides is 1. The number of amidine groups is 1. The number of halogens is 1. The molecule has 0 radical (unpaired) electrons. The van der Waals surface area contributed by atoms with Crippen molar-refractivity contribution in [3.8, 4) is 0 Å². The van der Waals surface area contributed by atoms with E-state index in [0.29, 0.717) is 23.7 Å². The van der Waals surface area contributed by atoms with E-state index < -0.39 is 4.92 Å². The van der Waals surface area contributed by atoms with E-state index in [1.54, 1.807) is 30.3 Å². The molecule has 9 heteroatoms. The van der Waals surface area contributed by atoms with Crippen molar-refractivity contribution in [3.05, 3.63) is 88.2 Å². The minimum Gasteiger partial charge on any atom is -0.285 e.